The highest BCUT2D eigenvalue weighted by Gasteiger charge is 2.27. The van der Waals surface area contributed by atoms with Crippen molar-refractivity contribution in [3.8, 4) is 5.75 Å². The Morgan fingerprint density at radius 2 is 2.03 bits per heavy atom. The van der Waals surface area contributed by atoms with E-state index in [0.29, 0.717) is 24.9 Å². The maximum atomic E-state index is 11.5. The monoisotopic (exact) mass is 517 g/mol. The first-order chi connectivity index (χ1) is 13.6. The lowest BCUT2D eigenvalue weighted by atomic mass is 10.2. The van der Waals surface area contributed by atoms with E-state index >= 15 is 0 Å². The summed E-state index contributed by atoms with van der Waals surface area (Å²) in [6.45, 7) is 11.9. The number of nitrogens with zero attached hydrogens (tertiary/aromatic N) is 3. The molecule has 1 aromatic carbocycles. The lowest BCUT2D eigenvalue weighted by molar-refractivity contribution is -0.122. The molecule has 1 saturated heterocycles. The first kappa shape index (κ1) is 25.5. The third-order valence-electron chi connectivity index (χ3n) is 5.10. The summed E-state index contributed by atoms with van der Waals surface area (Å²) in [7, 11) is 1.83. The number of carbonyl (C=O) groups excluding carboxylic acids is 1. The van der Waals surface area contributed by atoms with E-state index in [9.17, 15) is 4.79 Å². The second-order valence-electron chi connectivity index (χ2n) is 6.90. The van der Waals surface area contributed by atoms with Crippen LogP contribution in [0.5, 0.6) is 5.75 Å². The summed E-state index contributed by atoms with van der Waals surface area (Å²) < 4.78 is 5.57. The maximum absolute atomic E-state index is 11.5. The van der Waals surface area contributed by atoms with Crippen LogP contribution in [0.2, 0.25) is 0 Å². The number of likely N-dealkylation sites (tertiary alicyclic amines) is 1. The number of ether oxygens (including phenoxy) is 1. The van der Waals surface area contributed by atoms with Gasteiger partial charge in [0.05, 0.1) is 0 Å². The van der Waals surface area contributed by atoms with E-state index in [0.717, 1.165) is 37.7 Å². The van der Waals surface area contributed by atoms with Gasteiger partial charge < -0.3 is 20.3 Å². The molecule has 2 N–H and O–H groups in total. The van der Waals surface area contributed by atoms with Crippen LogP contribution in [0.15, 0.2) is 29.3 Å². The van der Waals surface area contributed by atoms with Gasteiger partial charge in [-0.15, -0.1) is 24.0 Å². The van der Waals surface area contributed by atoms with Gasteiger partial charge in [0.15, 0.2) is 12.6 Å². The number of guanidine groups is 1. The molecule has 1 amide bonds. The first-order valence-electron chi connectivity index (χ1n) is 10.3. The van der Waals surface area contributed by atoms with Gasteiger partial charge in [-0.05, 0) is 44.1 Å². The van der Waals surface area contributed by atoms with Gasteiger partial charge in [0.25, 0.3) is 5.91 Å². The molecule has 29 heavy (non-hydrogen) atoms. The summed E-state index contributed by atoms with van der Waals surface area (Å²) in [5.74, 6) is 1.52. The summed E-state index contributed by atoms with van der Waals surface area (Å²) in [5.41, 5.74) is 1.09. The average molecular weight is 517 g/mol. The van der Waals surface area contributed by atoms with Crippen molar-refractivity contribution in [3.05, 3.63) is 29.8 Å². The van der Waals surface area contributed by atoms with Gasteiger partial charge >= 0.3 is 0 Å². The molecular formula is C21H36IN5O2. The first-order valence-corrected chi connectivity index (χ1v) is 10.3. The normalized spacial score (nSPS) is 16.5. The third kappa shape index (κ3) is 8.00. The predicted octanol–water partition coefficient (Wildman–Crippen LogP) is 2.31. The molecule has 1 unspecified atom stereocenters. The second-order valence-corrected chi connectivity index (χ2v) is 6.90. The van der Waals surface area contributed by atoms with Gasteiger partial charge in [0, 0.05) is 39.3 Å². The van der Waals surface area contributed by atoms with Gasteiger partial charge in [0.1, 0.15) is 5.75 Å². The minimum Gasteiger partial charge on any atom is -0.484 e. The minimum atomic E-state index is -0.108. The largest absolute Gasteiger partial charge is 0.484 e. The highest BCUT2D eigenvalue weighted by Crippen LogP contribution is 2.16. The molecule has 1 aliphatic heterocycles. The van der Waals surface area contributed by atoms with E-state index in [1.54, 1.807) is 0 Å². The summed E-state index contributed by atoms with van der Waals surface area (Å²) in [4.78, 5) is 20.9. The van der Waals surface area contributed by atoms with Crippen LogP contribution in [0.1, 0.15) is 32.8 Å². The zero-order valence-corrected chi connectivity index (χ0v) is 20.4. The molecule has 0 aromatic heterocycles. The van der Waals surface area contributed by atoms with Gasteiger partial charge in [-0.1, -0.05) is 26.0 Å². The molecule has 1 aromatic rings. The van der Waals surface area contributed by atoms with E-state index in [-0.39, 0.29) is 36.5 Å². The van der Waals surface area contributed by atoms with E-state index in [1.165, 1.54) is 6.42 Å². The van der Waals surface area contributed by atoms with Crippen LogP contribution in [-0.4, -0.2) is 74.1 Å². The van der Waals surface area contributed by atoms with Crippen LogP contribution in [0.4, 0.5) is 0 Å². The Labute approximate surface area is 192 Å². The number of benzene rings is 1. The Morgan fingerprint density at radius 3 is 2.69 bits per heavy atom. The fourth-order valence-electron chi connectivity index (χ4n) is 3.63. The number of amides is 1. The van der Waals surface area contributed by atoms with E-state index in [2.05, 4.69) is 39.3 Å². The van der Waals surface area contributed by atoms with Crippen molar-refractivity contribution in [2.75, 3.05) is 46.4 Å². The van der Waals surface area contributed by atoms with Gasteiger partial charge in [0.2, 0.25) is 0 Å². The molecule has 0 aliphatic carbocycles. The molecule has 2 rings (SSSR count). The molecule has 0 bridgehead atoms. The fraction of sp³-hybridized carbons (Fsp3) is 0.619. The zero-order chi connectivity index (χ0) is 20.4. The molecule has 8 heteroatoms. The molecule has 1 atom stereocenters. The lowest BCUT2D eigenvalue weighted by Gasteiger charge is -2.27. The van der Waals surface area contributed by atoms with Gasteiger partial charge in [-0.2, -0.15) is 0 Å². The number of halogens is 1. The van der Waals surface area contributed by atoms with E-state index in [4.69, 9.17) is 4.74 Å². The Hall–Kier alpha value is -1.55. The van der Waals surface area contributed by atoms with Crippen LogP contribution < -0.4 is 15.4 Å². The molecule has 1 heterocycles. The predicted molar refractivity (Wildman–Crippen MR) is 129 cm³/mol. The molecular weight excluding hydrogens is 481 g/mol. The van der Waals surface area contributed by atoms with Crippen molar-refractivity contribution in [1.82, 2.24) is 20.4 Å². The highest BCUT2D eigenvalue weighted by atomic mass is 127. The van der Waals surface area contributed by atoms with Crippen molar-refractivity contribution in [2.24, 2.45) is 4.99 Å². The summed E-state index contributed by atoms with van der Waals surface area (Å²) in [6, 6.07) is 8.41. The van der Waals surface area contributed by atoms with E-state index < -0.39 is 0 Å². The summed E-state index contributed by atoms with van der Waals surface area (Å²) >= 11 is 0. The minimum absolute atomic E-state index is 0. The topological polar surface area (TPSA) is 69.2 Å². The average Bonchev–Trinajstić information content (AvgIpc) is 3.18. The van der Waals surface area contributed by atoms with Crippen molar-refractivity contribution >= 4 is 35.8 Å². The SMILES string of the molecule is CCNC(=O)COc1cccc(CNC(=NC)N2CCC(N(CC)CC)C2)c1.I. The number of likely N-dealkylation sites (N-methyl/N-ethyl adjacent to an activating group) is 2. The van der Waals surface area contributed by atoms with Crippen LogP contribution in [0, 0.1) is 0 Å². The highest BCUT2D eigenvalue weighted by molar-refractivity contribution is 14.0. The molecule has 164 valence electrons. The van der Waals surface area contributed by atoms with Gasteiger partial charge in [-0.25, -0.2) is 0 Å². The van der Waals surface area contributed by atoms with Crippen molar-refractivity contribution in [1.29, 1.82) is 0 Å². The van der Waals surface area contributed by atoms with Crippen LogP contribution in [-0.2, 0) is 11.3 Å². The number of hydrogen-bond acceptors (Lipinski definition) is 4. The van der Waals surface area contributed by atoms with Crippen molar-refractivity contribution in [3.63, 3.8) is 0 Å². The second kappa shape index (κ2) is 13.6. The van der Waals surface area contributed by atoms with Crippen molar-refractivity contribution in [2.45, 2.75) is 39.8 Å². The number of hydrogen-bond donors (Lipinski definition) is 2. The Bertz CT molecular complexity index is 652. The molecule has 7 nitrogen and oxygen atoms in total. The molecule has 0 radical (unpaired) electrons. The smallest absolute Gasteiger partial charge is 0.257 e. The van der Waals surface area contributed by atoms with Crippen LogP contribution in [0.3, 0.4) is 0 Å². The molecule has 1 fully saturated rings. The van der Waals surface area contributed by atoms with Crippen LogP contribution in [0.25, 0.3) is 0 Å². The Balaban J connectivity index is 0.00000420. The van der Waals surface area contributed by atoms with Gasteiger partial charge in [-0.3, -0.25) is 14.7 Å². The summed E-state index contributed by atoms with van der Waals surface area (Å²) in [5, 5.41) is 6.19. The number of rotatable bonds is 9. The maximum Gasteiger partial charge on any atom is 0.257 e. The fourth-order valence-corrected chi connectivity index (χ4v) is 3.63. The molecule has 0 spiro atoms. The molecule has 1 aliphatic rings. The Morgan fingerprint density at radius 1 is 1.28 bits per heavy atom. The number of nitrogens with one attached hydrogen (secondary N) is 2. The van der Waals surface area contributed by atoms with Crippen molar-refractivity contribution < 1.29 is 9.53 Å². The molecule has 0 saturated carbocycles. The lowest BCUT2D eigenvalue weighted by Crippen LogP contribution is -2.43. The number of carbonyl (C=O) groups is 1. The quantitative estimate of drug-likeness (QED) is 0.299. The number of aliphatic imine (C=N–C) groups is 1. The zero-order valence-electron chi connectivity index (χ0n) is 18.1. The summed E-state index contributed by atoms with van der Waals surface area (Å²) in [6.07, 6.45) is 1.17. The standard InChI is InChI=1S/C21H35N5O2.HI/c1-5-23-20(27)16-28-19-10-8-9-17(13-19)14-24-21(22-4)26-12-11-18(15-26)25(6-2)7-3;/h8-10,13,18H,5-7,11-12,14-16H2,1-4H3,(H,22,24)(H,23,27);1H. The third-order valence-corrected chi connectivity index (χ3v) is 5.10. The van der Waals surface area contributed by atoms with Crippen LogP contribution >= 0.6 is 24.0 Å². The Kier molecular flexibility index (Phi) is 12.0. The van der Waals surface area contributed by atoms with E-state index in [1.807, 2.05) is 38.2 Å².